The van der Waals surface area contributed by atoms with Gasteiger partial charge in [0.15, 0.2) is 0 Å². The van der Waals surface area contributed by atoms with E-state index in [0.717, 1.165) is 30.3 Å². The molecular formula is C16H25F2N5O. The van der Waals surface area contributed by atoms with Crippen LogP contribution in [0.1, 0.15) is 38.1 Å². The highest BCUT2D eigenvalue weighted by atomic mass is 19.3. The number of halogens is 2. The number of carbonyl (C=O) groups is 1. The molecule has 6 nitrogen and oxygen atoms in total. The zero-order chi connectivity index (χ0) is 17.1. The lowest BCUT2D eigenvalue weighted by Crippen LogP contribution is -2.51. The Labute approximate surface area is 140 Å². The third kappa shape index (κ3) is 3.92. The molecule has 1 aliphatic carbocycles. The molecule has 0 spiro atoms. The van der Waals surface area contributed by atoms with Crippen LogP contribution in [0.4, 0.5) is 8.78 Å². The Morgan fingerprint density at radius 3 is 2.71 bits per heavy atom. The van der Waals surface area contributed by atoms with E-state index in [0.29, 0.717) is 38.5 Å². The summed E-state index contributed by atoms with van der Waals surface area (Å²) in [6, 6.07) is 0.141. The summed E-state index contributed by atoms with van der Waals surface area (Å²) in [6.07, 6.45) is 6.44. The minimum absolute atomic E-state index is 0.0537. The Morgan fingerprint density at radius 1 is 1.29 bits per heavy atom. The maximum atomic E-state index is 12.9. The monoisotopic (exact) mass is 341 g/mol. The molecule has 2 fully saturated rings. The van der Waals surface area contributed by atoms with Crippen molar-refractivity contribution in [3.05, 3.63) is 18.2 Å². The third-order valence-corrected chi connectivity index (χ3v) is 5.07. The summed E-state index contributed by atoms with van der Waals surface area (Å²) in [4.78, 5) is 20.6. The first-order valence-electron chi connectivity index (χ1n) is 8.61. The van der Waals surface area contributed by atoms with Crippen LogP contribution in [0.25, 0.3) is 0 Å². The van der Waals surface area contributed by atoms with Crippen molar-refractivity contribution in [1.82, 2.24) is 19.4 Å². The van der Waals surface area contributed by atoms with Crippen LogP contribution >= 0.6 is 0 Å². The molecule has 1 saturated heterocycles. The van der Waals surface area contributed by atoms with Gasteiger partial charge in [-0.2, -0.15) is 8.78 Å². The molecule has 3 rings (SSSR count). The van der Waals surface area contributed by atoms with Crippen molar-refractivity contribution in [2.24, 2.45) is 11.7 Å². The first-order chi connectivity index (χ1) is 11.5. The summed E-state index contributed by atoms with van der Waals surface area (Å²) in [6.45, 7) is 0.454. The molecule has 134 valence electrons. The van der Waals surface area contributed by atoms with Crippen molar-refractivity contribution in [2.75, 3.05) is 26.2 Å². The number of amides is 1. The number of aromatic nitrogens is 2. The first kappa shape index (κ1) is 17.3. The summed E-state index contributed by atoms with van der Waals surface area (Å²) >= 11 is 0. The molecule has 0 aromatic carbocycles. The Balaban J connectivity index is 1.50. The van der Waals surface area contributed by atoms with Gasteiger partial charge in [0.1, 0.15) is 5.82 Å². The SMILES string of the molecule is NC1CCCC(C(=O)N2CCN(Cc3nccn3C(F)F)CC2)C1. The van der Waals surface area contributed by atoms with Crippen LogP contribution in [0.3, 0.4) is 0 Å². The number of nitrogens with zero attached hydrogens (tertiary/aromatic N) is 4. The topological polar surface area (TPSA) is 67.4 Å². The summed E-state index contributed by atoms with van der Waals surface area (Å²) in [5, 5.41) is 0. The van der Waals surface area contributed by atoms with E-state index >= 15 is 0 Å². The van der Waals surface area contributed by atoms with Gasteiger partial charge in [-0.3, -0.25) is 14.3 Å². The predicted octanol–water partition coefficient (Wildman–Crippen LogP) is 1.44. The second-order valence-corrected chi connectivity index (χ2v) is 6.75. The molecule has 2 N–H and O–H groups in total. The molecule has 0 bridgehead atoms. The van der Waals surface area contributed by atoms with Gasteiger partial charge in [0, 0.05) is 50.5 Å². The molecule has 2 atom stereocenters. The van der Waals surface area contributed by atoms with Gasteiger partial charge in [-0.25, -0.2) is 4.98 Å². The number of hydrogen-bond acceptors (Lipinski definition) is 4. The predicted molar refractivity (Wildman–Crippen MR) is 85.3 cm³/mol. The van der Waals surface area contributed by atoms with Gasteiger partial charge < -0.3 is 10.6 Å². The maximum Gasteiger partial charge on any atom is 0.319 e. The minimum Gasteiger partial charge on any atom is -0.340 e. The van der Waals surface area contributed by atoms with Gasteiger partial charge in [-0.1, -0.05) is 6.42 Å². The normalized spacial score (nSPS) is 26.1. The Hall–Kier alpha value is -1.54. The van der Waals surface area contributed by atoms with Gasteiger partial charge in [0.2, 0.25) is 5.91 Å². The van der Waals surface area contributed by atoms with Crippen molar-refractivity contribution in [3.8, 4) is 0 Å². The lowest BCUT2D eigenvalue weighted by atomic mass is 9.85. The van der Waals surface area contributed by atoms with Crippen LogP contribution in [0.2, 0.25) is 0 Å². The number of rotatable bonds is 4. The fraction of sp³-hybridized carbons (Fsp3) is 0.750. The molecule has 2 aliphatic rings. The maximum absolute atomic E-state index is 12.9. The van der Waals surface area contributed by atoms with Crippen LogP contribution < -0.4 is 5.73 Å². The minimum atomic E-state index is -2.57. The zero-order valence-corrected chi connectivity index (χ0v) is 13.8. The van der Waals surface area contributed by atoms with Crippen molar-refractivity contribution in [3.63, 3.8) is 0 Å². The van der Waals surface area contributed by atoms with Crippen LogP contribution in [-0.2, 0) is 11.3 Å². The zero-order valence-electron chi connectivity index (χ0n) is 13.8. The molecular weight excluding hydrogens is 316 g/mol. The fourth-order valence-electron chi connectivity index (χ4n) is 3.68. The van der Waals surface area contributed by atoms with E-state index < -0.39 is 6.55 Å². The molecule has 24 heavy (non-hydrogen) atoms. The van der Waals surface area contributed by atoms with Crippen molar-refractivity contribution in [2.45, 2.75) is 44.8 Å². The largest absolute Gasteiger partial charge is 0.340 e. The van der Waals surface area contributed by atoms with Crippen LogP contribution in [0.15, 0.2) is 12.4 Å². The molecule has 1 aromatic rings. The Kier molecular flexibility index (Phi) is 5.45. The van der Waals surface area contributed by atoms with E-state index in [4.69, 9.17) is 5.73 Å². The number of piperazine rings is 1. The highest BCUT2D eigenvalue weighted by Gasteiger charge is 2.31. The Morgan fingerprint density at radius 2 is 2.04 bits per heavy atom. The average molecular weight is 341 g/mol. The number of imidazole rings is 1. The highest BCUT2D eigenvalue weighted by Crippen LogP contribution is 2.25. The number of hydrogen-bond donors (Lipinski definition) is 1. The highest BCUT2D eigenvalue weighted by molar-refractivity contribution is 5.79. The van der Waals surface area contributed by atoms with Gasteiger partial charge in [0.05, 0.1) is 6.54 Å². The van der Waals surface area contributed by atoms with E-state index in [1.807, 2.05) is 4.90 Å². The second-order valence-electron chi connectivity index (χ2n) is 6.75. The first-order valence-corrected chi connectivity index (χ1v) is 8.61. The molecule has 2 unspecified atom stereocenters. The Bertz CT molecular complexity index is 556. The molecule has 1 aromatic heterocycles. The summed E-state index contributed by atoms with van der Waals surface area (Å²) in [5.74, 6) is 0.625. The van der Waals surface area contributed by atoms with Gasteiger partial charge in [-0.15, -0.1) is 0 Å². The van der Waals surface area contributed by atoms with E-state index in [-0.39, 0.29) is 17.9 Å². The van der Waals surface area contributed by atoms with Gasteiger partial charge in [0.25, 0.3) is 0 Å². The van der Waals surface area contributed by atoms with Gasteiger partial charge in [-0.05, 0) is 19.3 Å². The molecule has 1 amide bonds. The van der Waals surface area contributed by atoms with Crippen molar-refractivity contribution in [1.29, 1.82) is 0 Å². The lowest BCUT2D eigenvalue weighted by Gasteiger charge is -2.37. The molecule has 1 aliphatic heterocycles. The standard InChI is InChI=1S/C16H25F2N5O/c17-16(18)23-5-4-20-14(23)11-21-6-8-22(9-7-21)15(24)12-2-1-3-13(19)10-12/h4-5,12-13,16H,1-3,6-11,19H2. The summed E-state index contributed by atoms with van der Waals surface area (Å²) in [5.41, 5.74) is 5.98. The summed E-state index contributed by atoms with van der Waals surface area (Å²) < 4.78 is 26.6. The van der Waals surface area contributed by atoms with E-state index in [1.165, 1.54) is 12.4 Å². The lowest BCUT2D eigenvalue weighted by molar-refractivity contribution is -0.138. The van der Waals surface area contributed by atoms with E-state index in [2.05, 4.69) is 9.88 Å². The smallest absolute Gasteiger partial charge is 0.319 e. The quantitative estimate of drug-likeness (QED) is 0.900. The second kappa shape index (κ2) is 7.57. The van der Waals surface area contributed by atoms with E-state index in [9.17, 15) is 13.6 Å². The molecule has 0 radical (unpaired) electrons. The summed E-state index contributed by atoms with van der Waals surface area (Å²) in [7, 11) is 0. The van der Waals surface area contributed by atoms with Gasteiger partial charge >= 0.3 is 6.55 Å². The number of carbonyl (C=O) groups excluding carboxylic acids is 1. The third-order valence-electron chi connectivity index (χ3n) is 5.07. The fourth-order valence-corrected chi connectivity index (χ4v) is 3.68. The van der Waals surface area contributed by atoms with Crippen molar-refractivity contribution < 1.29 is 13.6 Å². The van der Waals surface area contributed by atoms with Crippen molar-refractivity contribution >= 4 is 5.91 Å². The molecule has 1 saturated carbocycles. The van der Waals surface area contributed by atoms with E-state index in [1.54, 1.807) is 0 Å². The van der Waals surface area contributed by atoms with Crippen LogP contribution in [0, 0.1) is 5.92 Å². The number of alkyl halides is 2. The molecule has 8 heteroatoms. The van der Waals surface area contributed by atoms with Crippen LogP contribution in [0.5, 0.6) is 0 Å². The van der Waals surface area contributed by atoms with Crippen LogP contribution in [-0.4, -0.2) is 57.5 Å². The average Bonchev–Trinajstić information content (AvgIpc) is 3.03. The molecule has 2 heterocycles. The number of nitrogens with two attached hydrogens (primary N) is 1.